The van der Waals surface area contributed by atoms with Gasteiger partial charge in [-0.1, -0.05) is 6.07 Å². The van der Waals surface area contributed by atoms with Gasteiger partial charge in [-0.3, -0.25) is 9.59 Å². The Morgan fingerprint density at radius 3 is 2.60 bits per heavy atom. The summed E-state index contributed by atoms with van der Waals surface area (Å²) in [6, 6.07) is 3.37. The Labute approximate surface area is 84.6 Å². The van der Waals surface area contributed by atoms with Crippen LogP contribution in [0.5, 0.6) is 0 Å². The summed E-state index contributed by atoms with van der Waals surface area (Å²) in [5.41, 5.74) is 0.832. The van der Waals surface area contributed by atoms with E-state index >= 15 is 0 Å². The molecule has 1 aromatic heterocycles. The van der Waals surface area contributed by atoms with Crippen molar-refractivity contribution in [1.82, 2.24) is 9.71 Å². The van der Waals surface area contributed by atoms with Crippen LogP contribution in [0.15, 0.2) is 21.7 Å². The first-order chi connectivity index (χ1) is 7.02. The van der Waals surface area contributed by atoms with Gasteiger partial charge < -0.3 is 10.2 Å². The highest BCUT2D eigenvalue weighted by Gasteiger charge is 2.08. The lowest BCUT2D eigenvalue weighted by atomic mass is 10.1. The Morgan fingerprint density at radius 2 is 1.93 bits per heavy atom. The maximum Gasteiger partial charge on any atom is 0.348 e. The molecule has 5 heteroatoms. The molecule has 0 aliphatic carbocycles. The normalized spacial score (nSPS) is 10.8. The Hall–Kier alpha value is -2.04. The zero-order valence-corrected chi connectivity index (χ0v) is 8.37. The molecule has 78 valence electrons. The molecule has 0 aliphatic heterocycles. The van der Waals surface area contributed by atoms with E-state index in [2.05, 4.69) is 4.98 Å². The standard InChI is InChI=1S/C10H10N2O3/c1-5-3-4-7-8(6(5)2)11-9(13)10(14)12(7)15/h3-4,15H,1-2H3,(H,11,13). The number of aryl methyl sites for hydroxylation is 2. The van der Waals surface area contributed by atoms with Gasteiger partial charge in [0, 0.05) is 0 Å². The molecule has 0 fully saturated rings. The Bertz CT molecular complexity index is 652. The molecule has 0 amide bonds. The summed E-state index contributed by atoms with van der Waals surface area (Å²) in [6.45, 7) is 3.71. The average molecular weight is 206 g/mol. The zero-order chi connectivity index (χ0) is 11.2. The lowest BCUT2D eigenvalue weighted by Crippen LogP contribution is -2.35. The number of nitrogens with one attached hydrogen (secondary N) is 1. The van der Waals surface area contributed by atoms with Crippen LogP contribution in [0.25, 0.3) is 11.0 Å². The van der Waals surface area contributed by atoms with Crippen molar-refractivity contribution in [3.63, 3.8) is 0 Å². The van der Waals surface area contributed by atoms with Crippen molar-refractivity contribution in [2.24, 2.45) is 0 Å². The smallest absolute Gasteiger partial charge is 0.348 e. The van der Waals surface area contributed by atoms with Gasteiger partial charge in [0.1, 0.15) is 5.52 Å². The molecule has 0 saturated carbocycles. The molecule has 1 aromatic carbocycles. The van der Waals surface area contributed by atoms with E-state index < -0.39 is 11.1 Å². The molecule has 0 spiro atoms. The molecule has 5 nitrogen and oxygen atoms in total. The van der Waals surface area contributed by atoms with Crippen molar-refractivity contribution in [2.45, 2.75) is 13.8 Å². The van der Waals surface area contributed by atoms with E-state index in [1.54, 1.807) is 12.1 Å². The van der Waals surface area contributed by atoms with Gasteiger partial charge in [-0.25, -0.2) is 0 Å². The third-order valence-electron chi connectivity index (χ3n) is 2.57. The number of fused-ring (bicyclic) bond motifs is 1. The first-order valence-corrected chi connectivity index (χ1v) is 4.47. The van der Waals surface area contributed by atoms with Crippen LogP contribution < -0.4 is 11.1 Å². The third-order valence-corrected chi connectivity index (χ3v) is 2.57. The van der Waals surface area contributed by atoms with Crippen molar-refractivity contribution in [3.05, 3.63) is 44.0 Å². The predicted octanol–water partition coefficient (Wildman–Crippen LogP) is 0.544. The van der Waals surface area contributed by atoms with Crippen LogP contribution in [0.1, 0.15) is 11.1 Å². The molecule has 0 unspecified atom stereocenters. The molecule has 0 aliphatic rings. The molecule has 1 heterocycles. The fourth-order valence-electron chi connectivity index (χ4n) is 1.51. The van der Waals surface area contributed by atoms with Gasteiger partial charge in [0.25, 0.3) is 0 Å². The van der Waals surface area contributed by atoms with Gasteiger partial charge in [-0.05, 0) is 31.0 Å². The number of rotatable bonds is 0. The number of hydrogen-bond acceptors (Lipinski definition) is 3. The van der Waals surface area contributed by atoms with Crippen LogP contribution in [0.2, 0.25) is 0 Å². The van der Waals surface area contributed by atoms with Crippen LogP contribution in [-0.4, -0.2) is 14.9 Å². The summed E-state index contributed by atoms with van der Waals surface area (Å²) in [6.07, 6.45) is 0. The van der Waals surface area contributed by atoms with Crippen molar-refractivity contribution in [3.8, 4) is 0 Å². The van der Waals surface area contributed by atoms with E-state index in [-0.39, 0.29) is 0 Å². The first-order valence-electron chi connectivity index (χ1n) is 4.47. The SMILES string of the molecule is Cc1ccc2c([nH]c(=O)c(=O)n2O)c1C. The largest absolute Gasteiger partial charge is 0.425 e. The molecule has 0 radical (unpaired) electrons. The Morgan fingerprint density at radius 1 is 1.27 bits per heavy atom. The van der Waals surface area contributed by atoms with Crippen molar-refractivity contribution in [1.29, 1.82) is 0 Å². The number of aromatic amines is 1. The zero-order valence-electron chi connectivity index (χ0n) is 8.37. The van der Waals surface area contributed by atoms with Gasteiger partial charge in [0.05, 0.1) is 5.52 Å². The van der Waals surface area contributed by atoms with Crippen LogP contribution in [0.3, 0.4) is 0 Å². The van der Waals surface area contributed by atoms with Gasteiger partial charge in [0.2, 0.25) is 0 Å². The van der Waals surface area contributed by atoms with Crippen LogP contribution in [0.4, 0.5) is 0 Å². The number of benzene rings is 1. The molecular formula is C10H10N2O3. The van der Waals surface area contributed by atoms with E-state index in [1.807, 2.05) is 13.8 Å². The summed E-state index contributed by atoms with van der Waals surface area (Å²) < 4.78 is 0.376. The lowest BCUT2D eigenvalue weighted by molar-refractivity contribution is 0.186. The Kier molecular flexibility index (Phi) is 1.89. The van der Waals surface area contributed by atoms with Crippen LogP contribution in [0, 0.1) is 13.8 Å². The van der Waals surface area contributed by atoms with Crippen LogP contribution in [-0.2, 0) is 0 Å². The molecule has 2 N–H and O–H groups in total. The second-order valence-electron chi connectivity index (χ2n) is 3.47. The summed E-state index contributed by atoms with van der Waals surface area (Å²) >= 11 is 0. The van der Waals surface area contributed by atoms with Crippen molar-refractivity contribution >= 4 is 11.0 Å². The summed E-state index contributed by atoms with van der Waals surface area (Å²) in [7, 11) is 0. The topological polar surface area (TPSA) is 75.1 Å². The van der Waals surface area contributed by atoms with E-state index in [0.29, 0.717) is 15.8 Å². The predicted molar refractivity (Wildman–Crippen MR) is 55.5 cm³/mol. The van der Waals surface area contributed by atoms with Crippen molar-refractivity contribution < 1.29 is 5.21 Å². The van der Waals surface area contributed by atoms with Gasteiger partial charge in [-0.2, -0.15) is 0 Å². The second kappa shape index (κ2) is 2.98. The summed E-state index contributed by atoms with van der Waals surface area (Å²) in [5.74, 6) is 0. The number of aromatic nitrogens is 2. The Balaban J connectivity index is 3.12. The van der Waals surface area contributed by atoms with Crippen LogP contribution >= 0.6 is 0 Å². The summed E-state index contributed by atoms with van der Waals surface area (Å²) in [4.78, 5) is 24.8. The first kappa shape index (κ1) is 9.51. The maximum absolute atomic E-state index is 11.2. The molecule has 0 bridgehead atoms. The quantitative estimate of drug-likeness (QED) is 0.488. The monoisotopic (exact) mass is 206 g/mol. The highest BCUT2D eigenvalue weighted by Crippen LogP contribution is 2.16. The number of hydrogen-bond donors (Lipinski definition) is 2. The molecule has 0 atom stereocenters. The second-order valence-corrected chi connectivity index (χ2v) is 3.47. The fourth-order valence-corrected chi connectivity index (χ4v) is 1.51. The molecular weight excluding hydrogens is 196 g/mol. The average Bonchev–Trinajstić information content (AvgIpc) is 2.21. The van der Waals surface area contributed by atoms with Gasteiger partial charge in [-0.15, -0.1) is 4.73 Å². The highest BCUT2D eigenvalue weighted by molar-refractivity contribution is 5.78. The number of nitrogens with zero attached hydrogens (tertiary/aromatic N) is 1. The minimum Gasteiger partial charge on any atom is -0.425 e. The summed E-state index contributed by atoms with van der Waals surface area (Å²) in [5, 5.41) is 9.44. The minimum atomic E-state index is -0.967. The van der Waals surface area contributed by atoms with Crippen molar-refractivity contribution in [2.75, 3.05) is 0 Å². The molecule has 2 rings (SSSR count). The maximum atomic E-state index is 11.2. The third kappa shape index (κ3) is 1.24. The van der Waals surface area contributed by atoms with E-state index in [1.165, 1.54) is 0 Å². The number of H-pyrrole nitrogens is 1. The highest BCUT2D eigenvalue weighted by atomic mass is 16.5. The van der Waals surface area contributed by atoms with E-state index in [9.17, 15) is 14.8 Å². The molecule has 15 heavy (non-hydrogen) atoms. The fraction of sp³-hybridized carbons (Fsp3) is 0.200. The molecule has 0 saturated heterocycles. The van der Waals surface area contributed by atoms with E-state index in [4.69, 9.17) is 0 Å². The minimum absolute atomic E-state index is 0.308. The molecule has 2 aromatic rings. The van der Waals surface area contributed by atoms with Gasteiger partial charge in [0.15, 0.2) is 0 Å². The van der Waals surface area contributed by atoms with Gasteiger partial charge >= 0.3 is 11.1 Å². The van der Waals surface area contributed by atoms with E-state index in [0.717, 1.165) is 11.1 Å². The lowest BCUT2D eigenvalue weighted by Gasteiger charge is -2.06.